The molecule has 33 heavy (non-hydrogen) atoms. The molecule has 5 rings (SSSR count). The molecule has 3 fully saturated rings. The maximum atomic E-state index is 12.9. The predicted octanol–water partition coefficient (Wildman–Crippen LogP) is 4.32. The van der Waals surface area contributed by atoms with Crippen LogP contribution in [0.4, 0.5) is 11.4 Å². The largest absolute Gasteiger partial charge is 0.452 e. The minimum atomic E-state index is -0.695. The van der Waals surface area contributed by atoms with Crippen LogP contribution in [0.2, 0.25) is 10.0 Å². The molecule has 0 radical (unpaired) electrons. The molecular formula is C24H20Cl2N2O5. The van der Waals surface area contributed by atoms with Gasteiger partial charge < -0.3 is 10.1 Å². The molecule has 2 aromatic carbocycles. The summed E-state index contributed by atoms with van der Waals surface area (Å²) in [5.41, 5.74) is 1.08. The third-order valence-corrected chi connectivity index (χ3v) is 7.57. The maximum absolute atomic E-state index is 12.9. The normalized spacial score (nSPS) is 25.3. The molecule has 2 bridgehead atoms. The zero-order chi connectivity index (χ0) is 23.3. The van der Waals surface area contributed by atoms with E-state index in [1.54, 1.807) is 24.3 Å². The summed E-state index contributed by atoms with van der Waals surface area (Å²) < 4.78 is 5.06. The van der Waals surface area contributed by atoms with Crippen molar-refractivity contribution in [2.45, 2.75) is 19.3 Å². The fourth-order valence-electron chi connectivity index (χ4n) is 5.40. The molecule has 0 aromatic heterocycles. The second-order valence-corrected chi connectivity index (χ2v) is 9.51. The molecule has 0 unspecified atom stereocenters. The number of halogens is 2. The Morgan fingerprint density at radius 2 is 1.58 bits per heavy atom. The average Bonchev–Trinajstić information content (AvgIpc) is 3.48. The highest BCUT2D eigenvalue weighted by molar-refractivity contribution is 6.42. The lowest BCUT2D eigenvalue weighted by Crippen LogP contribution is -2.32. The number of nitrogens with one attached hydrogen (secondary N) is 1. The number of fused-ring (bicyclic) bond motifs is 5. The van der Waals surface area contributed by atoms with E-state index in [4.69, 9.17) is 27.9 Å². The van der Waals surface area contributed by atoms with Gasteiger partial charge in [-0.1, -0.05) is 23.2 Å². The van der Waals surface area contributed by atoms with Gasteiger partial charge in [-0.2, -0.15) is 0 Å². The molecule has 1 aliphatic heterocycles. The molecule has 1 heterocycles. The Kier molecular flexibility index (Phi) is 5.62. The number of nitrogens with zero attached hydrogens (tertiary/aromatic N) is 1. The number of hydrogen-bond acceptors (Lipinski definition) is 5. The molecule has 1 N–H and O–H groups in total. The van der Waals surface area contributed by atoms with Gasteiger partial charge >= 0.3 is 5.97 Å². The molecule has 2 aliphatic carbocycles. The second-order valence-electron chi connectivity index (χ2n) is 8.70. The van der Waals surface area contributed by atoms with E-state index in [1.165, 1.54) is 23.1 Å². The van der Waals surface area contributed by atoms with Crippen molar-refractivity contribution in [3.8, 4) is 0 Å². The summed E-state index contributed by atoms with van der Waals surface area (Å²) in [6, 6.07) is 10.7. The number of benzene rings is 2. The van der Waals surface area contributed by atoms with Crippen LogP contribution in [0.15, 0.2) is 42.5 Å². The van der Waals surface area contributed by atoms with Crippen molar-refractivity contribution in [3.63, 3.8) is 0 Å². The number of ether oxygens (including phenoxy) is 1. The summed E-state index contributed by atoms with van der Waals surface area (Å²) in [4.78, 5) is 51.5. The molecule has 2 aromatic rings. The summed E-state index contributed by atoms with van der Waals surface area (Å²) in [6.45, 7) is -0.490. The molecule has 3 amide bonds. The van der Waals surface area contributed by atoms with Crippen molar-refractivity contribution in [3.05, 3.63) is 58.1 Å². The van der Waals surface area contributed by atoms with Crippen LogP contribution in [0.3, 0.4) is 0 Å². The molecule has 9 heteroatoms. The zero-order valence-electron chi connectivity index (χ0n) is 17.4. The summed E-state index contributed by atoms with van der Waals surface area (Å²) in [7, 11) is 0. The number of esters is 1. The quantitative estimate of drug-likeness (QED) is 0.501. The van der Waals surface area contributed by atoms with E-state index in [2.05, 4.69) is 5.32 Å². The van der Waals surface area contributed by atoms with Crippen molar-refractivity contribution >= 4 is 58.3 Å². The van der Waals surface area contributed by atoms with Crippen molar-refractivity contribution in [1.82, 2.24) is 0 Å². The smallest absolute Gasteiger partial charge is 0.338 e. The Bertz CT molecular complexity index is 1140. The fraction of sp³-hybridized carbons (Fsp3) is 0.333. The van der Waals surface area contributed by atoms with Gasteiger partial charge in [-0.3, -0.25) is 19.3 Å². The number of amides is 3. The Morgan fingerprint density at radius 3 is 2.18 bits per heavy atom. The van der Waals surface area contributed by atoms with E-state index < -0.39 is 18.5 Å². The van der Waals surface area contributed by atoms with Crippen LogP contribution in [0, 0.1) is 23.7 Å². The number of anilines is 2. The average molecular weight is 487 g/mol. The van der Waals surface area contributed by atoms with Crippen LogP contribution in [0.5, 0.6) is 0 Å². The Hall–Kier alpha value is -2.90. The van der Waals surface area contributed by atoms with Crippen LogP contribution >= 0.6 is 23.2 Å². The first-order chi connectivity index (χ1) is 15.8. The molecule has 4 atom stereocenters. The van der Waals surface area contributed by atoms with Crippen LogP contribution < -0.4 is 10.2 Å². The minimum Gasteiger partial charge on any atom is -0.452 e. The number of carbonyl (C=O) groups excluding carboxylic acids is 4. The van der Waals surface area contributed by atoms with Gasteiger partial charge in [0.15, 0.2) is 6.61 Å². The highest BCUT2D eigenvalue weighted by Crippen LogP contribution is 2.56. The van der Waals surface area contributed by atoms with Gasteiger partial charge in [0.25, 0.3) is 5.91 Å². The summed E-state index contributed by atoms with van der Waals surface area (Å²) in [5, 5.41) is 3.21. The van der Waals surface area contributed by atoms with Crippen molar-refractivity contribution in [2.75, 3.05) is 16.8 Å². The van der Waals surface area contributed by atoms with Gasteiger partial charge in [0, 0.05) is 5.69 Å². The van der Waals surface area contributed by atoms with Crippen LogP contribution in [0.1, 0.15) is 29.6 Å². The van der Waals surface area contributed by atoms with E-state index >= 15 is 0 Å². The predicted molar refractivity (Wildman–Crippen MR) is 122 cm³/mol. The van der Waals surface area contributed by atoms with E-state index in [-0.39, 0.29) is 34.2 Å². The molecule has 170 valence electrons. The lowest BCUT2D eigenvalue weighted by molar-refractivity contribution is -0.123. The topological polar surface area (TPSA) is 92.8 Å². The first kappa shape index (κ1) is 21.9. The molecule has 3 aliphatic rings. The molecular weight excluding hydrogens is 467 g/mol. The number of carbonyl (C=O) groups is 4. The van der Waals surface area contributed by atoms with Crippen LogP contribution in [-0.4, -0.2) is 30.3 Å². The van der Waals surface area contributed by atoms with Gasteiger partial charge in [-0.25, -0.2) is 4.79 Å². The minimum absolute atomic E-state index is 0.133. The highest BCUT2D eigenvalue weighted by Gasteiger charge is 2.61. The fourth-order valence-corrected chi connectivity index (χ4v) is 5.69. The van der Waals surface area contributed by atoms with Crippen molar-refractivity contribution in [2.24, 2.45) is 23.7 Å². The third kappa shape index (κ3) is 3.89. The first-order valence-corrected chi connectivity index (χ1v) is 11.5. The van der Waals surface area contributed by atoms with E-state index in [0.29, 0.717) is 28.2 Å². The second kappa shape index (κ2) is 8.47. The standard InChI is InChI=1S/C24H20Cl2N2O5/c25-17-8-5-15(10-18(17)26)27-19(29)11-33-24(32)12-3-6-16(7-4-12)28-22(30)20-13-1-2-14(9-13)21(20)23(28)31/h3-8,10,13-14,20-21H,1-2,9,11H2,(H,27,29)/t13-,14-,20+,21+/m0/s1. The number of rotatable bonds is 5. The molecule has 7 nitrogen and oxygen atoms in total. The number of hydrogen-bond donors (Lipinski definition) is 1. The third-order valence-electron chi connectivity index (χ3n) is 6.83. The van der Waals surface area contributed by atoms with Gasteiger partial charge in [-0.05, 0) is 73.6 Å². The molecule has 1 saturated heterocycles. The summed E-state index contributed by atoms with van der Waals surface area (Å²) >= 11 is 11.8. The van der Waals surface area contributed by atoms with Crippen LogP contribution in [0.25, 0.3) is 0 Å². The van der Waals surface area contributed by atoms with Crippen molar-refractivity contribution < 1.29 is 23.9 Å². The summed E-state index contributed by atoms with van der Waals surface area (Å²) in [6.07, 6.45) is 3.01. The van der Waals surface area contributed by atoms with E-state index in [0.717, 1.165) is 19.3 Å². The zero-order valence-corrected chi connectivity index (χ0v) is 18.9. The Labute approximate surface area is 200 Å². The van der Waals surface area contributed by atoms with E-state index in [1.807, 2.05) is 0 Å². The monoisotopic (exact) mass is 486 g/mol. The highest BCUT2D eigenvalue weighted by atomic mass is 35.5. The first-order valence-electron chi connectivity index (χ1n) is 10.7. The van der Waals surface area contributed by atoms with Gasteiger partial charge in [-0.15, -0.1) is 0 Å². The van der Waals surface area contributed by atoms with Crippen LogP contribution in [-0.2, 0) is 19.1 Å². The Morgan fingerprint density at radius 1 is 0.939 bits per heavy atom. The van der Waals surface area contributed by atoms with Gasteiger partial charge in [0.2, 0.25) is 11.8 Å². The molecule has 2 saturated carbocycles. The van der Waals surface area contributed by atoms with Crippen molar-refractivity contribution in [1.29, 1.82) is 0 Å². The summed E-state index contributed by atoms with van der Waals surface area (Å²) in [5.74, 6) is -1.27. The Balaban J connectivity index is 1.19. The number of imide groups is 1. The lowest BCUT2D eigenvalue weighted by Gasteiger charge is -2.19. The van der Waals surface area contributed by atoms with Gasteiger partial charge in [0.1, 0.15) is 0 Å². The lowest BCUT2D eigenvalue weighted by atomic mass is 9.81. The van der Waals surface area contributed by atoms with Gasteiger partial charge in [0.05, 0.1) is 33.1 Å². The van der Waals surface area contributed by atoms with E-state index in [9.17, 15) is 19.2 Å². The molecule has 0 spiro atoms. The maximum Gasteiger partial charge on any atom is 0.338 e. The SMILES string of the molecule is O=C(COC(=O)c1ccc(N2C(=O)[C@@H]3[C@H]4CC[C@@H](C4)[C@H]3C2=O)cc1)Nc1ccc(Cl)c(Cl)c1.